The van der Waals surface area contributed by atoms with Gasteiger partial charge in [-0.1, -0.05) is 24.6 Å². The van der Waals surface area contributed by atoms with Crippen LogP contribution in [0.5, 0.6) is 0 Å². The highest BCUT2D eigenvalue weighted by Crippen LogP contribution is 2.31. The van der Waals surface area contributed by atoms with Gasteiger partial charge in [-0.05, 0) is 25.1 Å². The number of benzene rings is 1. The second-order valence-electron chi connectivity index (χ2n) is 3.57. The molecule has 1 aromatic rings. The standard InChI is InChI=1S/C11H16ClN3O2/c1-2-6-13-7-8-14-10-5-3-4-9(12)11(10)15(16)17/h3-5,13-14H,2,6-8H2,1H3. The number of nitrogens with one attached hydrogen (secondary N) is 2. The SMILES string of the molecule is CCCNCCNc1cccc(Cl)c1[N+](=O)[O-]. The molecule has 0 aliphatic rings. The molecule has 0 aliphatic heterocycles. The van der Waals surface area contributed by atoms with E-state index in [1.165, 1.54) is 6.07 Å². The van der Waals surface area contributed by atoms with Crippen LogP contribution < -0.4 is 10.6 Å². The second kappa shape index (κ2) is 7.09. The Kier molecular flexibility index (Phi) is 5.72. The lowest BCUT2D eigenvalue weighted by molar-refractivity contribution is -0.383. The highest BCUT2D eigenvalue weighted by Gasteiger charge is 2.17. The molecule has 1 aromatic carbocycles. The van der Waals surface area contributed by atoms with Crippen LogP contribution in [0.25, 0.3) is 0 Å². The third kappa shape index (κ3) is 4.20. The summed E-state index contributed by atoms with van der Waals surface area (Å²) < 4.78 is 0. The van der Waals surface area contributed by atoms with E-state index < -0.39 is 4.92 Å². The van der Waals surface area contributed by atoms with Gasteiger partial charge < -0.3 is 10.6 Å². The Hall–Kier alpha value is -1.33. The van der Waals surface area contributed by atoms with E-state index in [2.05, 4.69) is 17.6 Å². The van der Waals surface area contributed by atoms with Crippen molar-refractivity contribution in [2.24, 2.45) is 0 Å². The molecular formula is C11H16ClN3O2. The fraction of sp³-hybridized carbons (Fsp3) is 0.455. The van der Waals surface area contributed by atoms with Gasteiger partial charge in [-0.15, -0.1) is 0 Å². The molecule has 0 fully saturated rings. The van der Waals surface area contributed by atoms with E-state index in [0.717, 1.165) is 19.5 Å². The van der Waals surface area contributed by atoms with Gasteiger partial charge in [0.25, 0.3) is 0 Å². The third-order valence-corrected chi connectivity index (χ3v) is 2.52. The summed E-state index contributed by atoms with van der Waals surface area (Å²) in [5.41, 5.74) is 0.394. The largest absolute Gasteiger partial charge is 0.378 e. The van der Waals surface area contributed by atoms with Crippen LogP contribution in [-0.2, 0) is 0 Å². The van der Waals surface area contributed by atoms with Crippen LogP contribution in [0.15, 0.2) is 18.2 Å². The summed E-state index contributed by atoms with van der Waals surface area (Å²) in [4.78, 5) is 10.4. The number of hydrogen-bond donors (Lipinski definition) is 2. The quantitative estimate of drug-likeness (QED) is 0.448. The van der Waals surface area contributed by atoms with E-state index in [1.807, 2.05) is 0 Å². The number of para-hydroxylation sites is 1. The van der Waals surface area contributed by atoms with Crippen LogP contribution in [0.4, 0.5) is 11.4 Å². The molecule has 1 rings (SSSR count). The Morgan fingerprint density at radius 3 is 2.76 bits per heavy atom. The first-order chi connectivity index (χ1) is 8.16. The molecule has 0 heterocycles. The van der Waals surface area contributed by atoms with Gasteiger partial charge in [0.2, 0.25) is 0 Å². The molecule has 0 spiro atoms. The van der Waals surface area contributed by atoms with Crippen molar-refractivity contribution in [2.75, 3.05) is 25.0 Å². The molecule has 0 radical (unpaired) electrons. The van der Waals surface area contributed by atoms with Crippen molar-refractivity contribution in [1.29, 1.82) is 0 Å². The molecule has 5 nitrogen and oxygen atoms in total. The van der Waals surface area contributed by atoms with E-state index in [1.54, 1.807) is 12.1 Å². The van der Waals surface area contributed by atoms with Crippen molar-refractivity contribution in [3.63, 3.8) is 0 Å². The molecule has 0 aliphatic carbocycles. The summed E-state index contributed by atoms with van der Waals surface area (Å²) >= 11 is 5.79. The summed E-state index contributed by atoms with van der Waals surface area (Å²) in [5, 5.41) is 17.2. The Bertz CT molecular complexity index is 385. The van der Waals surface area contributed by atoms with Crippen molar-refractivity contribution in [1.82, 2.24) is 5.32 Å². The van der Waals surface area contributed by atoms with Gasteiger partial charge in [-0.2, -0.15) is 0 Å². The Balaban J connectivity index is 2.58. The fourth-order valence-corrected chi connectivity index (χ4v) is 1.67. The van der Waals surface area contributed by atoms with Crippen molar-refractivity contribution >= 4 is 23.0 Å². The van der Waals surface area contributed by atoms with Gasteiger partial charge >= 0.3 is 5.69 Å². The molecule has 0 saturated heterocycles. The van der Waals surface area contributed by atoms with Crippen molar-refractivity contribution in [3.05, 3.63) is 33.3 Å². The fourth-order valence-electron chi connectivity index (χ4n) is 1.43. The molecule has 2 N–H and O–H groups in total. The van der Waals surface area contributed by atoms with Crippen LogP contribution in [0, 0.1) is 10.1 Å². The minimum absolute atomic E-state index is 0.0651. The zero-order valence-corrected chi connectivity index (χ0v) is 10.5. The molecule has 0 bridgehead atoms. The van der Waals surface area contributed by atoms with Gasteiger partial charge in [0.05, 0.1) is 4.92 Å². The minimum atomic E-state index is -0.468. The highest BCUT2D eigenvalue weighted by atomic mass is 35.5. The molecular weight excluding hydrogens is 242 g/mol. The van der Waals surface area contributed by atoms with E-state index in [-0.39, 0.29) is 10.7 Å². The zero-order valence-electron chi connectivity index (χ0n) is 9.70. The van der Waals surface area contributed by atoms with E-state index in [4.69, 9.17) is 11.6 Å². The van der Waals surface area contributed by atoms with Crippen LogP contribution >= 0.6 is 11.6 Å². The third-order valence-electron chi connectivity index (χ3n) is 2.21. The zero-order chi connectivity index (χ0) is 12.7. The number of halogens is 1. The number of nitro benzene ring substituents is 1. The first-order valence-electron chi connectivity index (χ1n) is 5.54. The van der Waals surface area contributed by atoms with Gasteiger partial charge in [0.1, 0.15) is 10.7 Å². The average molecular weight is 258 g/mol. The lowest BCUT2D eigenvalue weighted by Crippen LogP contribution is -2.22. The molecule has 0 atom stereocenters. The van der Waals surface area contributed by atoms with Gasteiger partial charge in [-0.3, -0.25) is 10.1 Å². The molecule has 17 heavy (non-hydrogen) atoms. The maximum Gasteiger partial charge on any atom is 0.310 e. The van der Waals surface area contributed by atoms with Crippen LogP contribution in [0.3, 0.4) is 0 Å². The van der Waals surface area contributed by atoms with Crippen molar-refractivity contribution < 1.29 is 4.92 Å². The number of anilines is 1. The minimum Gasteiger partial charge on any atom is -0.378 e. The van der Waals surface area contributed by atoms with E-state index >= 15 is 0 Å². The summed E-state index contributed by atoms with van der Waals surface area (Å²) in [6, 6.07) is 4.86. The first-order valence-corrected chi connectivity index (χ1v) is 5.92. The molecule has 0 amide bonds. The summed E-state index contributed by atoms with van der Waals surface area (Å²) in [5.74, 6) is 0. The molecule has 0 aromatic heterocycles. The predicted molar refractivity (Wildman–Crippen MR) is 69.8 cm³/mol. The van der Waals surface area contributed by atoms with E-state index in [9.17, 15) is 10.1 Å². The maximum atomic E-state index is 10.8. The van der Waals surface area contributed by atoms with Gasteiger partial charge in [0.15, 0.2) is 0 Å². The Morgan fingerprint density at radius 1 is 1.35 bits per heavy atom. The van der Waals surface area contributed by atoms with E-state index in [0.29, 0.717) is 12.2 Å². The lowest BCUT2D eigenvalue weighted by atomic mass is 10.2. The number of nitrogens with zero attached hydrogens (tertiary/aromatic N) is 1. The van der Waals surface area contributed by atoms with Crippen molar-refractivity contribution in [2.45, 2.75) is 13.3 Å². The predicted octanol–water partition coefficient (Wildman–Crippen LogP) is 2.66. The normalized spacial score (nSPS) is 10.2. The van der Waals surface area contributed by atoms with Crippen LogP contribution in [0.1, 0.15) is 13.3 Å². The molecule has 6 heteroatoms. The van der Waals surface area contributed by atoms with Gasteiger partial charge in [0, 0.05) is 13.1 Å². The molecule has 0 saturated carbocycles. The topological polar surface area (TPSA) is 67.2 Å². The number of rotatable bonds is 7. The number of nitro groups is 1. The van der Waals surface area contributed by atoms with Crippen molar-refractivity contribution in [3.8, 4) is 0 Å². The molecule has 0 unspecified atom stereocenters. The number of hydrogen-bond acceptors (Lipinski definition) is 4. The van der Waals surface area contributed by atoms with Crippen LogP contribution in [0.2, 0.25) is 5.02 Å². The summed E-state index contributed by atoms with van der Waals surface area (Å²) in [6.45, 7) is 4.42. The maximum absolute atomic E-state index is 10.8. The lowest BCUT2D eigenvalue weighted by Gasteiger charge is -2.08. The smallest absolute Gasteiger partial charge is 0.310 e. The first kappa shape index (κ1) is 13.7. The van der Waals surface area contributed by atoms with Gasteiger partial charge in [-0.25, -0.2) is 0 Å². The average Bonchev–Trinajstić information content (AvgIpc) is 2.28. The Morgan fingerprint density at radius 2 is 2.12 bits per heavy atom. The monoisotopic (exact) mass is 257 g/mol. The second-order valence-corrected chi connectivity index (χ2v) is 3.98. The molecule has 94 valence electrons. The summed E-state index contributed by atoms with van der Waals surface area (Å²) in [7, 11) is 0. The Labute approximate surface area is 105 Å². The highest BCUT2D eigenvalue weighted by molar-refractivity contribution is 6.33. The van der Waals surface area contributed by atoms with Crippen LogP contribution in [-0.4, -0.2) is 24.6 Å². The summed E-state index contributed by atoms with van der Waals surface area (Å²) in [6.07, 6.45) is 1.07.